The minimum Gasteiger partial charge on any atom is -0.354 e. The van der Waals surface area contributed by atoms with Gasteiger partial charge in [-0.25, -0.2) is 4.98 Å². The second kappa shape index (κ2) is 6.16. The molecule has 0 amide bonds. The lowest BCUT2D eigenvalue weighted by molar-refractivity contribution is 0.240. The molecular formula is C14H24N4. The lowest BCUT2D eigenvalue weighted by atomic mass is 10.2. The molecule has 100 valence electrons. The highest BCUT2D eigenvalue weighted by molar-refractivity contribution is 5.41. The molecule has 1 unspecified atom stereocenters. The van der Waals surface area contributed by atoms with Crippen molar-refractivity contribution in [2.45, 2.75) is 26.3 Å². The van der Waals surface area contributed by atoms with E-state index >= 15 is 0 Å². The summed E-state index contributed by atoms with van der Waals surface area (Å²) in [6, 6.07) is 4.52. The fourth-order valence-electron chi connectivity index (χ4n) is 2.31. The van der Waals surface area contributed by atoms with Crippen molar-refractivity contribution < 1.29 is 0 Å². The molecule has 2 N–H and O–H groups in total. The molecule has 1 aliphatic heterocycles. The van der Waals surface area contributed by atoms with Crippen molar-refractivity contribution in [3.8, 4) is 0 Å². The van der Waals surface area contributed by atoms with E-state index in [9.17, 15) is 0 Å². The van der Waals surface area contributed by atoms with E-state index in [0.29, 0.717) is 6.04 Å². The van der Waals surface area contributed by atoms with Gasteiger partial charge in [-0.05, 0) is 31.0 Å². The maximum atomic E-state index is 6.00. The first-order valence-corrected chi connectivity index (χ1v) is 6.84. The van der Waals surface area contributed by atoms with E-state index in [2.05, 4.69) is 34.7 Å². The highest BCUT2D eigenvalue weighted by Gasteiger charge is 2.18. The molecule has 18 heavy (non-hydrogen) atoms. The molecule has 1 fully saturated rings. The average molecular weight is 248 g/mol. The molecule has 4 heteroatoms. The van der Waals surface area contributed by atoms with Gasteiger partial charge >= 0.3 is 0 Å². The summed E-state index contributed by atoms with van der Waals surface area (Å²) < 4.78 is 0. The van der Waals surface area contributed by atoms with E-state index in [1.165, 1.54) is 5.56 Å². The Hall–Kier alpha value is -1.13. The molecule has 2 heterocycles. The molecule has 1 aliphatic rings. The predicted octanol–water partition coefficient (Wildman–Crippen LogP) is 1.25. The van der Waals surface area contributed by atoms with Crippen molar-refractivity contribution in [3.05, 3.63) is 23.9 Å². The second-order valence-electron chi connectivity index (χ2n) is 5.15. The van der Waals surface area contributed by atoms with Gasteiger partial charge < -0.3 is 10.6 Å². The van der Waals surface area contributed by atoms with Crippen LogP contribution < -0.4 is 10.6 Å². The third kappa shape index (κ3) is 3.43. The summed E-state index contributed by atoms with van der Waals surface area (Å²) in [6.07, 6.45) is 2.95. The number of aromatic nitrogens is 1. The van der Waals surface area contributed by atoms with Crippen molar-refractivity contribution in [1.29, 1.82) is 0 Å². The van der Waals surface area contributed by atoms with Crippen molar-refractivity contribution in [2.75, 3.05) is 37.6 Å². The van der Waals surface area contributed by atoms with Crippen LogP contribution in [-0.2, 0) is 0 Å². The molecule has 4 nitrogen and oxygen atoms in total. The molecule has 0 aliphatic carbocycles. The number of aryl methyl sites for hydroxylation is 1. The summed E-state index contributed by atoms with van der Waals surface area (Å²) in [5.41, 5.74) is 7.28. The first kappa shape index (κ1) is 13.3. The fraction of sp³-hybridized carbons (Fsp3) is 0.643. The average Bonchev–Trinajstić information content (AvgIpc) is 2.39. The van der Waals surface area contributed by atoms with Crippen molar-refractivity contribution in [3.63, 3.8) is 0 Å². The number of anilines is 1. The van der Waals surface area contributed by atoms with Crippen LogP contribution in [0.25, 0.3) is 0 Å². The zero-order chi connectivity index (χ0) is 13.0. The van der Waals surface area contributed by atoms with E-state index in [1.807, 2.05) is 12.3 Å². The molecule has 0 spiro atoms. The van der Waals surface area contributed by atoms with Gasteiger partial charge in [-0.3, -0.25) is 4.90 Å². The van der Waals surface area contributed by atoms with Gasteiger partial charge in [0.2, 0.25) is 0 Å². The van der Waals surface area contributed by atoms with Crippen molar-refractivity contribution in [1.82, 2.24) is 9.88 Å². The standard InChI is InChI=1S/C14H24N4/c1-3-13(15)11-17-6-8-18(9-7-17)14-10-12(2)4-5-16-14/h4-5,10,13H,3,6-9,11,15H2,1-2H3. The Morgan fingerprint density at radius 2 is 2.06 bits per heavy atom. The summed E-state index contributed by atoms with van der Waals surface area (Å²) in [6.45, 7) is 9.55. The van der Waals surface area contributed by atoms with Crippen molar-refractivity contribution in [2.24, 2.45) is 5.73 Å². The number of hydrogen-bond acceptors (Lipinski definition) is 4. The van der Waals surface area contributed by atoms with Crippen LogP contribution in [0, 0.1) is 6.92 Å². The van der Waals surface area contributed by atoms with Crippen LogP contribution in [0.5, 0.6) is 0 Å². The third-order valence-electron chi connectivity index (χ3n) is 3.61. The number of nitrogens with zero attached hydrogens (tertiary/aromatic N) is 3. The van der Waals surface area contributed by atoms with E-state index < -0.39 is 0 Å². The Morgan fingerprint density at radius 3 is 2.67 bits per heavy atom. The minimum atomic E-state index is 0.314. The summed E-state index contributed by atoms with van der Waals surface area (Å²) >= 11 is 0. The van der Waals surface area contributed by atoms with E-state index in [0.717, 1.165) is 45.0 Å². The molecule has 0 aromatic carbocycles. The lowest BCUT2D eigenvalue weighted by Crippen LogP contribution is -2.50. The van der Waals surface area contributed by atoms with Crippen LogP contribution in [0.3, 0.4) is 0 Å². The maximum Gasteiger partial charge on any atom is 0.128 e. The summed E-state index contributed by atoms with van der Waals surface area (Å²) in [5.74, 6) is 1.11. The topological polar surface area (TPSA) is 45.4 Å². The van der Waals surface area contributed by atoms with Crippen LogP contribution in [0.2, 0.25) is 0 Å². The smallest absolute Gasteiger partial charge is 0.128 e. The Kier molecular flexibility index (Phi) is 4.55. The van der Waals surface area contributed by atoms with E-state index in [-0.39, 0.29) is 0 Å². The molecule has 0 radical (unpaired) electrons. The molecule has 1 saturated heterocycles. The van der Waals surface area contributed by atoms with Gasteiger partial charge in [-0.2, -0.15) is 0 Å². The van der Waals surface area contributed by atoms with Gasteiger partial charge in [0.1, 0.15) is 5.82 Å². The Bertz CT molecular complexity index is 372. The number of pyridine rings is 1. The number of rotatable bonds is 4. The maximum absolute atomic E-state index is 6.00. The molecule has 1 aromatic rings. The third-order valence-corrected chi connectivity index (χ3v) is 3.61. The van der Waals surface area contributed by atoms with Gasteiger partial charge in [-0.1, -0.05) is 6.92 Å². The van der Waals surface area contributed by atoms with Gasteiger partial charge in [-0.15, -0.1) is 0 Å². The molecule has 2 rings (SSSR count). The summed E-state index contributed by atoms with van der Waals surface area (Å²) in [7, 11) is 0. The van der Waals surface area contributed by atoms with Crippen LogP contribution in [-0.4, -0.2) is 48.6 Å². The van der Waals surface area contributed by atoms with Crippen LogP contribution in [0.15, 0.2) is 18.3 Å². The monoisotopic (exact) mass is 248 g/mol. The summed E-state index contributed by atoms with van der Waals surface area (Å²) in [4.78, 5) is 9.27. The lowest BCUT2D eigenvalue weighted by Gasteiger charge is -2.36. The van der Waals surface area contributed by atoms with E-state index in [1.54, 1.807) is 0 Å². The number of piperazine rings is 1. The number of nitrogens with two attached hydrogens (primary N) is 1. The summed E-state index contributed by atoms with van der Waals surface area (Å²) in [5, 5.41) is 0. The van der Waals surface area contributed by atoms with Crippen LogP contribution in [0.4, 0.5) is 5.82 Å². The highest BCUT2D eigenvalue weighted by atomic mass is 15.3. The molecule has 0 saturated carbocycles. The zero-order valence-corrected chi connectivity index (χ0v) is 11.5. The van der Waals surface area contributed by atoms with Gasteiger partial charge in [0.15, 0.2) is 0 Å². The first-order chi connectivity index (χ1) is 8.69. The van der Waals surface area contributed by atoms with Crippen molar-refractivity contribution >= 4 is 5.82 Å². The highest BCUT2D eigenvalue weighted by Crippen LogP contribution is 2.14. The molecule has 1 aromatic heterocycles. The first-order valence-electron chi connectivity index (χ1n) is 6.84. The van der Waals surface area contributed by atoms with E-state index in [4.69, 9.17) is 5.73 Å². The van der Waals surface area contributed by atoms with Gasteiger partial charge in [0.25, 0.3) is 0 Å². The quantitative estimate of drug-likeness (QED) is 0.871. The normalized spacial score (nSPS) is 18.9. The Labute approximate surface area is 110 Å². The van der Waals surface area contributed by atoms with Gasteiger partial charge in [0.05, 0.1) is 0 Å². The van der Waals surface area contributed by atoms with Crippen LogP contribution in [0.1, 0.15) is 18.9 Å². The molecule has 0 bridgehead atoms. The SMILES string of the molecule is CCC(N)CN1CCN(c2cc(C)ccn2)CC1. The molecule has 1 atom stereocenters. The largest absolute Gasteiger partial charge is 0.354 e. The Balaban J connectivity index is 1.87. The minimum absolute atomic E-state index is 0.314. The predicted molar refractivity (Wildman–Crippen MR) is 75.9 cm³/mol. The molecular weight excluding hydrogens is 224 g/mol. The van der Waals surface area contributed by atoms with Crippen LogP contribution >= 0.6 is 0 Å². The number of hydrogen-bond donors (Lipinski definition) is 1. The fourth-order valence-corrected chi connectivity index (χ4v) is 2.31. The zero-order valence-electron chi connectivity index (χ0n) is 11.5. The Morgan fingerprint density at radius 1 is 1.33 bits per heavy atom. The van der Waals surface area contributed by atoms with Gasteiger partial charge in [0, 0.05) is 45.0 Å². The second-order valence-corrected chi connectivity index (χ2v) is 5.15.